The quantitative estimate of drug-likeness (QED) is 0.229. The van der Waals surface area contributed by atoms with E-state index in [4.69, 9.17) is 4.99 Å². The lowest BCUT2D eigenvalue weighted by molar-refractivity contribution is 0.409. The van der Waals surface area contributed by atoms with Gasteiger partial charge in [-0.3, -0.25) is 5.32 Å². The number of nitrogens with one attached hydrogen (secondary N) is 2. The van der Waals surface area contributed by atoms with Crippen molar-refractivity contribution in [3.05, 3.63) is 162 Å². The zero-order valence-corrected chi connectivity index (χ0v) is 23.4. The van der Waals surface area contributed by atoms with E-state index < -0.39 is 0 Å². The molecule has 2 unspecified atom stereocenters. The molecule has 2 aromatic heterocycles. The van der Waals surface area contributed by atoms with Crippen LogP contribution in [0.25, 0.3) is 49.2 Å². The van der Waals surface area contributed by atoms with Crippen LogP contribution in [0.15, 0.2) is 151 Å². The number of nitrogens with zero attached hydrogens (tertiary/aromatic N) is 2. The predicted molar refractivity (Wildman–Crippen MR) is 178 cm³/mol. The first-order chi connectivity index (χ1) is 21.3. The molecule has 0 bridgehead atoms. The normalized spacial score (nSPS) is 17.1. The van der Waals surface area contributed by atoms with E-state index >= 15 is 0 Å². The SMILES string of the molecule is c1ccc(-c2ccc(C3N=C(c4ccc5c6cccc7c8ccccc8n(c5c4)c76)NC(c4ccccc4)N3)cc2)cc1. The smallest absolute Gasteiger partial charge is 0.131 e. The van der Waals surface area contributed by atoms with Crippen molar-refractivity contribution < 1.29 is 0 Å². The summed E-state index contributed by atoms with van der Waals surface area (Å²) < 4.78 is 2.43. The van der Waals surface area contributed by atoms with Gasteiger partial charge in [0.1, 0.15) is 18.2 Å². The second-order valence-electron chi connectivity index (χ2n) is 11.3. The summed E-state index contributed by atoms with van der Waals surface area (Å²) in [6, 6.07) is 51.9. The zero-order valence-electron chi connectivity index (χ0n) is 23.4. The molecule has 0 spiro atoms. The van der Waals surface area contributed by atoms with Gasteiger partial charge >= 0.3 is 0 Å². The number of hydrogen-bond donors (Lipinski definition) is 2. The van der Waals surface area contributed by atoms with Gasteiger partial charge in [0.05, 0.1) is 16.6 Å². The van der Waals surface area contributed by atoms with Crippen molar-refractivity contribution in [3.63, 3.8) is 0 Å². The Balaban J connectivity index is 1.19. The summed E-state index contributed by atoms with van der Waals surface area (Å²) in [5, 5.41) is 12.6. The van der Waals surface area contributed by atoms with E-state index in [2.05, 4.69) is 161 Å². The van der Waals surface area contributed by atoms with Crippen molar-refractivity contribution in [2.45, 2.75) is 12.3 Å². The lowest BCUT2D eigenvalue weighted by atomic mass is 10.0. The summed E-state index contributed by atoms with van der Waals surface area (Å²) in [5.74, 6) is 0.885. The van der Waals surface area contributed by atoms with Crippen LogP contribution in [0.5, 0.6) is 0 Å². The number of fused-ring (bicyclic) bond motifs is 6. The van der Waals surface area contributed by atoms with Crippen LogP contribution in [0, 0.1) is 0 Å². The first-order valence-electron chi connectivity index (χ1n) is 14.8. The number of aromatic nitrogens is 1. The number of para-hydroxylation sites is 2. The largest absolute Gasteiger partial charge is 0.350 e. The molecule has 0 saturated heterocycles. The van der Waals surface area contributed by atoms with Crippen molar-refractivity contribution in [2.75, 3.05) is 0 Å². The van der Waals surface area contributed by atoms with Gasteiger partial charge in [0.15, 0.2) is 0 Å². The molecular formula is C39H28N4. The highest BCUT2D eigenvalue weighted by Gasteiger charge is 2.26. The standard InChI is InChI=1S/C39H28N4/c1-3-10-25(11-4-1)26-18-20-28(21-19-26)38-40-37(27-12-5-2-6-13-27)41-39(42-38)29-22-23-31-33-16-9-15-32-30-14-7-8-17-34(30)43(36(32)33)35(31)24-29/h1-24,37-38,40H,(H,41,42). The van der Waals surface area contributed by atoms with Gasteiger partial charge in [0.2, 0.25) is 0 Å². The van der Waals surface area contributed by atoms with Crippen LogP contribution in [-0.2, 0) is 0 Å². The number of rotatable bonds is 4. The van der Waals surface area contributed by atoms with Crippen molar-refractivity contribution in [2.24, 2.45) is 4.99 Å². The maximum atomic E-state index is 5.26. The molecule has 8 aromatic rings. The number of amidine groups is 1. The van der Waals surface area contributed by atoms with Gasteiger partial charge in [-0.25, -0.2) is 4.99 Å². The minimum atomic E-state index is -0.198. The molecule has 43 heavy (non-hydrogen) atoms. The van der Waals surface area contributed by atoms with E-state index in [1.807, 2.05) is 0 Å². The first-order valence-corrected chi connectivity index (χ1v) is 14.8. The van der Waals surface area contributed by atoms with Gasteiger partial charge in [0.25, 0.3) is 0 Å². The van der Waals surface area contributed by atoms with Crippen LogP contribution in [0.4, 0.5) is 0 Å². The third-order valence-electron chi connectivity index (χ3n) is 8.83. The van der Waals surface area contributed by atoms with Crippen LogP contribution in [0.3, 0.4) is 0 Å². The molecule has 0 saturated carbocycles. The second-order valence-corrected chi connectivity index (χ2v) is 11.3. The van der Waals surface area contributed by atoms with Gasteiger partial charge in [0, 0.05) is 27.1 Å². The third-order valence-corrected chi connectivity index (χ3v) is 8.83. The summed E-state index contributed by atoms with van der Waals surface area (Å²) in [4.78, 5) is 5.26. The highest BCUT2D eigenvalue weighted by Crippen LogP contribution is 2.39. The molecule has 6 aromatic carbocycles. The van der Waals surface area contributed by atoms with Crippen LogP contribution in [-0.4, -0.2) is 10.2 Å². The molecule has 0 amide bonds. The molecule has 4 nitrogen and oxygen atoms in total. The molecule has 0 fully saturated rings. The van der Waals surface area contributed by atoms with Gasteiger partial charge in [-0.2, -0.15) is 0 Å². The molecule has 3 heterocycles. The average molecular weight is 553 g/mol. The Morgan fingerprint density at radius 2 is 1.12 bits per heavy atom. The van der Waals surface area contributed by atoms with Gasteiger partial charge in [-0.1, -0.05) is 133 Å². The highest BCUT2D eigenvalue weighted by molar-refractivity contribution is 6.23. The molecule has 1 aliphatic heterocycles. The number of hydrogen-bond acceptors (Lipinski definition) is 3. The summed E-state index contributed by atoms with van der Waals surface area (Å²) in [6.07, 6.45) is -0.284. The predicted octanol–water partition coefficient (Wildman–Crippen LogP) is 8.84. The van der Waals surface area contributed by atoms with Crippen molar-refractivity contribution >= 4 is 43.9 Å². The van der Waals surface area contributed by atoms with E-state index in [0.29, 0.717) is 0 Å². The molecule has 0 radical (unpaired) electrons. The zero-order chi connectivity index (χ0) is 28.3. The maximum absolute atomic E-state index is 5.26. The topological polar surface area (TPSA) is 40.8 Å². The van der Waals surface area contributed by atoms with Gasteiger partial charge in [-0.05, 0) is 34.4 Å². The van der Waals surface area contributed by atoms with Crippen molar-refractivity contribution in [1.29, 1.82) is 0 Å². The monoisotopic (exact) mass is 552 g/mol. The Kier molecular flexibility index (Phi) is 5.37. The van der Waals surface area contributed by atoms with E-state index in [-0.39, 0.29) is 12.3 Å². The summed E-state index contributed by atoms with van der Waals surface area (Å²) >= 11 is 0. The fraction of sp³-hybridized carbons (Fsp3) is 0.0513. The summed E-state index contributed by atoms with van der Waals surface area (Å²) in [7, 11) is 0. The Morgan fingerprint density at radius 1 is 0.488 bits per heavy atom. The van der Waals surface area contributed by atoms with Crippen LogP contribution < -0.4 is 10.6 Å². The van der Waals surface area contributed by atoms with Gasteiger partial charge in [-0.15, -0.1) is 0 Å². The minimum absolute atomic E-state index is 0.0860. The van der Waals surface area contributed by atoms with Crippen LogP contribution in [0.1, 0.15) is 29.0 Å². The molecule has 2 atom stereocenters. The maximum Gasteiger partial charge on any atom is 0.131 e. The molecule has 2 N–H and O–H groups in total. The third kappa shape index (κ3) is 3.84. The van der Waals surface area contributed by atoms with Crippen LogP contribution in [0.2, 0.25) is 0 Å². The fourth-order valence-corrected chi connectivity index (χ4v) is 6.76. The van der Waals surface area contributed by atoms with Crippen molar-refractivity contribution in [1.82, 2.24) is 15.0 Å². The first kappa shape index (κ1) is 24.2. The lowest BCUT2D eigenvalue weighted by Crippen LogP contribution is -2.44. The van der Waals surface area contributed by atoms with E-state index in [1.54, 1.807) is 0 Å². The Morgan fingerprint density at radius 3 is 1.91 bits per heavy atom. The van der Waals surface area contributed by atoms with E-state index in [9.17, 15) is 0 Å². The van der Waals surface area contributed by atoms with Crippen LogP contribution >= 0.6 is 0 Å². The highest BCUT2D eigenvalue weighted by atomic mass is 15.3. The van der Waals surface area contributed by atoms with E-state index in [1.165, 1.54) is 54.8 Å². The molecule has 204 valence electrons. The second kappa shape index (κ2) is 9.55. The lowest BCUT2D eigenvalue weighted by Gasteiger charge is -2.32. The summed E-state index contributed by atoms with van der Waals surface area (Å²) in [6.45, 7) is 0. The fourth-order valence-electron chi connectivity index (χ4n) is 6.76. The minimum Gasteiger partial charge on any atom is -0.350 e. The molecule has 1 aliphatic rings. The Labute approximate surface area is 249 Å². The van der Waals surface area contributed by atoms with Crippen molar-refractivity contribution in [3.8, 4) is 11.1 Å². The number of benzene rings is 6. The molecule has 4 heteroatoms. The molecular weight excluding hydrogens is 524 g/mol. The Bertz CT molecular complexity index is 2280. The van der Waals surface area contributed by atoms with Gasteiger partial charge < -0.3 is 9.72 Å². The summed E-state index contributed by atoms with van der Waals surface area (Å²) in [5.41, 5.74) is 9.52. The molecule has 0 aliphatic carbocycles. The molecule has 9 rings (SSSR count). The Hall–Kier alpha value is -5.45. The number of aliphatic imine (C=N–C) groups is 1. The average Bonchev–Trinajstić information content (AvgIpc) is 3.61. The van der Waals surface area contributed by atoms with E-state index in [0.717, 1.165) is 17.0 Å².